The van der Waals surface area contributed by atoms with E-state index in [0.717, 1.165) is 11.1 Å². The van der Waals surface area contributed by atoms with Crippen LogP contribution >= 0.6 is 11.6 Å². The van der Waals surface area contributed by atoms with Gasteiger partial charge in [-0.1, -0.05) is 16.8 Å². The third-order valence-corrected chi connectivity index (χ3v) is 4.26. The maximum absolute atomic E-state index is 11.4. The number of hydrogen-bond acceptors (Lipinski definition) is 5. The molecule has 130 valence electrons. The molecule has 1 N–H and O–H groups in total. The van der Waals surface area contributed by atoms with Crippen LogP contribution in [0.3, 0.4) is 0 Å². The average molecular weight is 369 g/mol. The second-order valence-corrected chi connectivity index (χ2v) is 6.27. The lowest BCUT2D eigenvalue weighted by Gasteiger charge is -2.01. The van der Waals surface area contributed by atoms with Gasteiger partial charge in [-0.3, -0.25) is 4.79 Å². The maximum atomic E-state index is 11.4. The Labute approximate surface area is 153 Å². The Morgan fingerprint density at radius 1 is 1.15 bits per heavy atom. The fraction of sp³-hybridized carbons (Fsp3) is 0.105. The summed E-state index contributed by atoms with van der Waals surface area (Å²) in [5, 5.41) is 14.6. The number of carboxylic acids is 1. The normalized spacial score (nSPS) is 11.2. The number of halogens is 1. The second kappa shape index (κ2) is 6.31. The average Bonchev–Trinajstić information content (AvgIpc) is 3.19. The number of furan rings is 1. The molecule has 6 nitrogen and oxygen atoms in total. The highest BCUT2D eigenvalue weighted by Crippen LogP contribution is 2.36. The van der Waals surface area contributed by atoms with Crippen molar-refractivity contribution < 1.29 is 18.8 Å². The van der Waals surface area contributed by atoms with E-state index in [-0.39, 0.29) is 6.42 Å². The first-order valence-corrected chi connectivity index (χ1v) is 8.23. The topological polar surface area (TPSA) is 89.4 Å². The first kappa shape index (κ1) is 16.4. The highest BCUT2D eigenvalue weighted by atomic mass is 35.5. The minimum absolute atomic E-state index is 0.167. The van der Waals surface area contributed by atoms with Crippen LogP contribution in [0.5, 0.6) is 0 Å². The molecule has 2 heterocycles. The van der Waals surface area contributed by atoms with Gasteiger partial charge >= 0.3 is 5.97 Å². The SMILES string of the molecule is Cc1nc(-c2ccc3oc(-c4ccc(Cl)cc4)c(CC(=O)O)c3c2)no1. The molecule has 0 spiro atoms. The number of hydrogen-bond donors (Lipinski definition) is 1. The molecule has 0 amide bonds. The number of carbonyl (C=O) groups is 1. The first-order valence-electron chi connectivity index (χ1n) is 7.85. The number of aliphatic carboxylic acids is 1. The zero-order valence-electron chi connectivity index (χ0n) is 13.7. The highest BCUT2D eigenvalue weighted by molar-refractivity contribution is 6.30. The van der Waals surface area contributed by atoms with Crippen LogP contribution < -0.4 is 0 Å². The Morgan fingerprint density at radius 2 is 1.88 bits per heavy atom. The molecule has 0 fully saturated rings. The molecule has 2 aromatic carbocycles. The van der Waals surface area contributed by atoms with Crippen LogP contribution in [-0.2, 0) is 11.2 Å². The molecular formula is C19H13ClN2O4. The molecule has 0 aliphatic carbocycles. The van der Waals surface area contributed by atoms with Gasteiger partial charge in [-0.2, -0.15) is 4.98 Å². The van der Waals surface area contributed by atoms with Crippen molar-refractivity contribution in [3.8, 4) is 22.7 Å². The lowest BCUT2D eigenvalue weighted by Crippen LogP contribution is -2.00. The van der Waals surface area contributed by atoms with Crippen LogP contribution in [0.2, 0.25) is 5.02 Å². The van der Waals surface area contributed by atoms with Crippen molar-refractivity contribution in [1.29, 1.82) is 0 Å². The Morgan fingerprint density at radius 3 is 2.54 bits per heavy atom. The zero-order valence-corrected chi connectivity index (χ0v) is 14.4. The van der Waals surface area contributed by atoms with Crippen molar-refractivity contribution in [1.82, 2.24) is 10.1 Å². The Bertz CT molecular complexity index is 1110. The van der Waals surface area contributed by atoms with E-state index in [2.05, 4.69) is 10.1 Å². The number of aromatic nitrogens is 2. The van der Waals surface area contributed by atoms with E-state index in [1.54, 1.807) is 37.3 Å². The van der Waals surface area contributed by atoms with Crippen molar-refractivity contribution >= 4 is 28.5 Å². The molecule has 26 heavy (non-hydrogen) atoms. The molecule has 0 aliphatic heterocycles. The van der Waals surface area contributed by atoms with Crippen LogP contribution in [0, 0.1) is 6.92 Å². The predicted octanol–water partition coefficient (Wildman–Crippen LogP) is 4.74. The monoisotopic (exact) mass is 368 g/mol. The summed E-state index contributed by atoms with van der Waals surface area (Å²) in [6, 6.07) is 12.5. The summed E-state index contributed by atoms with van der Waals surface area (Å²) < 4.78 is 11.0. The number of carboxylic acid groups (broad SMARTS) is 1. The smallest absolute Gasteiger partial charge is 0.307 e. The molecule has 0 atom stereocenters. The Hall–Kier alpha value is -3.12. The zero-order chi connectivity index (χ0) is 18.3. The third kappa shape index (κ3) is 2.95. The third-order valence-electron chi connectivity index (χ3n) is 4.01. The van der Waals surface area contributed by atoms with Gasteiger partial charge in [0.1, 0.15) is 11.3 Å². The molecule has 0 aliphatic rings. The van der Waals surface area contributed by atoms with Crippen molar-refractivity contribution in [3.05, 3.63) is 58.9 Å². The van der Waals surface area contributed by atoms with Gasteiger partial charge in [-0.15, -0.1) is 0 Å². The molecule has 0 saturated heterocycles. The second-order valence-electron chi connectivity index (χ2n) is 5.84. The predicted molar refractivity (Wildman–Crippen MR) is 96.0 cm³/mol. The van der Waals surface area contributed by atoms with Crippen LogP contribution in [0.25, 0.3) is 33.7 Å². The van der Waals surface area contributed by atoms with E-state index < -0.39 is 5.97 Å². The van der Waals surface area contributed by atoms with Crippen molar-refractivity contribution in [2.24, 2.45) is 0 Å². The molecule has 0 saturated carbocycles. The Balaban J connectivity index is 1.91. The highest BCUT2D eigenvalue weighted by Gasteiger charge is 2.19. The van der Waals surface area contributed by atoms with E-state index >= 15 is 0 Å². The van der Waals surface area contributed by atoms with E-state index in [0.29, 0.717) is 39.0 Å². The molecule has 0 radical (unpaired) electrons. The molecule has 4 rings (SSSR count). The van der Waals surface area contributed by atoms with Gasteiger partial charge in [0.25, 0.3) is 0 Å². The standard InChI is InChI=1S/C19H13ClN2O4/c1-10-21-19(22-26-10)12-4-7-16-14(8-12)15(9-17(23)24)18(25-16)11-2-5-13(20)6-3-11/h2-8H,9H2,1H3,(H,23,24). The lowest BCUT2D eigenvalue weighted by molar-refractivity contribution is -0.136. The van der Waals surface area contributed by atoms with Crippen LogP contribution in [0.4, 0.5) is 0 Å². The number of fused-ring (bicyclic) bond motifs is 1. The van der Waals surface area contributed by atoms with Gasteiger partial charge in [0.15, 0.2) is 0 Å². The quantitative estimate of drug-likeness (QED) is 0.559. The fourth-order valence-corrected chi connectivity index (χ4v) is 2.99. The maximum Gasteiger partial charge on any atom is 0.307 e. The summed E-state index contributed by atoms with van der Waals surface area (Å²) in [4.78, 5) is 15.6. The minimum atomic E-state index is -0.941. The molecular weight excluding hydrogens is 356 g/mol. The van der Waals surface area contributed by atoms with Gasteiger partial charge in [0.05, 0.1) is 6.42 Å². The summed E-state index contributed by atoms with van der Waals surface area (Å²) >= 11 is 5.95. The summed E-state index contributed by atoms with van der Waals surface area (Å²) in [5.74, 6) is 0.476. The molecule has 4 aromatic rings. The number of benzene rings is 2. The van der Waals surface area contributed by atoms with Gasteiger partial charge in [-0.05, 0) is 42.5 Å². The van der Waals surface area contributed by atoms with E-state index in [4.69, 9.17) is 20.5 Å². The first-order chi connectivity index (χ1) is 12.5. The lowest BCUT2D eigenvalue weighted by atomic mass is 10.0. The Kier molecular flexibility index (Phi) is 3.97. The minimum Gasteiger partial charge on any atom is -0.481 e. The van der Waals surface area contributed by atoms with E-state index in [9.17, 15) is 9.90 Å². The number of aryl methyl sites for hydroxylation is 1. The largest absolute Gasteiger partial charge is 0.481 e. The van der Waals surface area contributed by atoms with Crippen LogP contribution in [-0.4, -0.2) is 21.2 Å². The molecule has 2 aromatic heterocycles. The van der Waals surface area contributed by atoms with Crippen LogP contribution in [0.15, 0.2) is 51.4 Å². The summed E-state index contributed by atoms with van der Waals surface area (Å²) in [6.45, 7) is 1.71. The van der Waals surface area contributed by atoms with Crippen molar-refractivity contribution in [3.63, 3.8) is 0 Å². The van der Waals surface area contributed by atoms with Gasteiger partial charge in [0.2, 0.25) is 11.7 Å². The molecule has 0 unspecified atom stereocenters. The summed E-state index contributed by atoms with van der Waals surface area (Å²) in [6.07, 6.45) is -0.167. The summed E-state index contributed by atoms with van der Waals surface area (Å²) in [5.41, 5.74) is 2.68. The van der Waals surface area contributed by atoms with Gasteiger partial charge in [0, 0.05) is 34.0 Å². The van der Waals surface area contributed by atoms with E-state index in [1.165, 1.54) is 0 Å². The van der Waals surface area contributed by atoms with Crippen LogP contribution in [0.1, 0.15) is 11.5 Å². The van der Waals surface area contributed by atoms with Gasteiger partial charge < -0.3 is 14.0 Å². The summed E-state index contributed by atoms with van der Waals surface area (Å²) in [7, 11) is 0. The van der Waals surface area contributed by atoms with E-state index in [1.807, 2.05) is 12.1 Å². The molecule has 7 heteroatoms. The van der Waals surface area contributed by atoms with Crippen molar-refractivity contribution in [2.75, 3.05) is 0 Å². The van der Waals surface area contributed by atoms with Gasteiger partial charge in [-0.25, -0.2) is 0 Å². The molecule has 0 bridgehead atoms. The number of nitrogens with zero attached hydrogens (tertiary/aromatic N) is 2. The van der Waals surface area contributed by atoms with Crippen molar-refractivity contribution in [2.45, 2.75) is 13.3 Å². The fourth-order valence-electron chi connectivity index (χ4n) is 2.87. The number of rotatable bonds is 4.